The molecule has 0 saturated carbocycles. The summed E-state index contributed by atoms with van der Waals surface area (Å²) in [5, 5.41) is 0. The normalized spacial score (nSPS) is 24.1. The average molecular weight is 224 g/mol. The highest BCUT2D eigenvalue weighted by Gasteiger charge is 2.19. The SMILES string of the molecule is O=C(CN1CCCCC1)N1CCCCCC1. The molecule has 0 N–H and O–H groups in total. The first-order valence-electron chi connectivity index (χ1n) is 6.86. The zero-order chi connectivity index (χ0) is 11.2. The first-order chi connectivity index (χ1) is 7.86. The fourth-order valence-electron chi connectivity index (χ4n) is 2.73. The summed E-state index contributed by atoms with van der Waals surface area (Å²) >= 11 is 0. The summed E-state index contributed by atoms with van der Waals surface area (Å²) in [5.74, 6) is 0.365. The second-order valence-electron chi connectivity index (χ2n) is 5.13. The number of rotatable bonds is 2. The molecule has 0 unspecified atom stereocenters. The minimum Gasteiger partial charge on any atom is -0.342 e. The van der Waals surface area contributed by atoms with Crippen LogP contribution in [0.1, 0.15) is 44.9 Å². The molecule has 0 aromatic heterocycles. The number of nitrogens with zero attached hydrogens (tertiary/aromatic N) is 2. The van der Waals surface area contributed by atoms with Crippen molar-refractivity contribution in [2.75, 3.05) is 32.7 Å². The van der Waals surface area contributed by atoms with Crippen molar-refractivity contribution in [2.45, 2.75) is 44.9 Å². The van der Waals surface area contributed by atoms with E-state index in [-0.39, 0.29) is 0 Å². The van der Waals surface area contributed by atoms with E-state index in [1.807, 2.05) is 0 Å². The lowest BCUT2D eigenvalue weighted by atomic mass is 10.1. The van der Waals surface area contributed by atoms with Crippen molar-refractivity contribution in [3.8, 4) is 0 Å². The first kappa shape index (κ1) is 11.9. The molecule has 0 bridgehead atoms. The van der Waals surface area contributed by atoms with E-state index in [9.17, 15) is 4.79 Å². The Bertz CT molecular complexity index is 216. The van der Waals surface area contributed by atoms with Crippen LogP contribution in [0, 0.1) is 0 Å². The van der Waals surface area contributed by atoms with Crippen molar-refractivity contribution in [2.24, 2.45) is 0 Å². The molecule has 0 atom stereocenters. The summed E-state index contributed by atoms with van der Waals surface area (Å²) in [6, 6.07) is 0. The predicted octanol–water partition coefficient (Wildman–Crippen LogP) is 1.87. The fraction of sp³-hybridized carbons (Fsp3) is 0.923. The van der Waals surface area contributed by atoms with Crippen molar-refractivity contribution in [1.82, 2.24) is 9.80 Å². The minimum atomic E-state index is 0.365. The van der Waals surface area contributed by atoms with Gasteiger partial charge in [-0.1, -0.05) is 19.3 Å². The molecule has 0 aromatic rings. The number of carbonyl (C=O) groups is 1. The maximum atomic E-state index is 12.1. The summed E-state index contributed by atoms with van der Waals surface area (Å²) in [6.45, 7) is 4.90. The third-order valence-electron chi connectivity index (χ3n) is 3.77. The Morgan fingerprint density at radius 3 is 1.88 bits per heavy atom. The largest absolute Gasteiger partial charge is 0.342 e. The van der Waals surface area contributed by atoms with Gasteiger partial charge in [-0.3, -0.25) is 9.69 Å². The second-order valence-corrected chi connectivity index (χ2v) is 5.13. The number of piperidine rings is 1. The predicted molar refractivity (Wildman–Crippen MR) is 65.3 cm³/mol. The third-order valence-corrected chi connectivity index (χ3v) is 3.77. The van der Waals surface area contributed by atoms with Gasteiger partial charge in [-0.15, -0.1) is 0 Å². The highest BCUT2D eigenvalue weighted by molar-refractivity contribution is 5.78. The molecule has 0 aliphatic carbocycles. The van der Waals surface area contributed by atoms with Crippen molar-refractivity contribution in [3.05, 3.63) is 0 Å². The van der Waals surface area contributed by atoms with Gasteiger partial charge in [0.1, 0.15) is 0 Å². The van der Waals surface area contributed by atoms with Crippen LogP contribution in [0.3, 0.4) is 0 Å². The van der Waals surface area contributed by atoms with Crippen LogP contribution in [-0.4, -0.2) is 48.4 Å². The minimum absolute atomic E-state index is 0.365. The molecule has 92 valence electrons. The standard InChI is InChI=1S/C13H24N2O/c16-13(12-14-8-4-3-5-9-14)15-10-6-1-2-7-11-15/h1-12H2. The van der Waals surface area contributed by atoms with E-state index < -0.39 is 0 Å². The summed E-state index contributed by atoms with van der Waals surface area (Å²) < 4.78 is 0. The molecule has 2 aliphatic rings. The molecule has 2 aliphatic heterocycles. The van der Waals surface area contributed by atoms with E-state index >= 15 is 0 Å². The van der Waals surface area contributed by atoms with Gasteiger partial charge in [0.25, 0.3) is 0 Å². The topological polar surface area (TPSA) is 23.6 Å². The van der Waals surface area contributed by atoms with E-state index in [0.717, 1.165) is 26.2 Å². The van der Waals surface area contributed by atoms with Crippen LogP contribution in [0.2, 0.25) is 0 Å². The van der Waals surface area contributed by atoms with Crippen LogP contribution in [0.25, 0.3) is 0 Å². The quantitative estimate of drug-likeness (QED) is 0.715. The zero-order valence-corrected chi connectivity index (χ0v) is 10.3. The van der Waals surface area contributed by atoms with Crippen molar-refractivity contribution in [1.29, 1.82) is 0 Å². The lowest BCUT2D eigenvalue weighted by molar-refractivity contribution is -0.132. The van der Waals surface area contributed by atoms with E-state index in [2.05, 4.69) is 9.80 Å². The van der Waals surface area contributed by atoms with E-state index in [1.165, 1.54) is 44.9 Å². The third kappa shape index (κ3) is 3.48. The van der Waals surface area contributed by atoms with Crippen molar-refractivity contribution >= 4 is 5.91 Å². The molecule has 0 radical (unpaired) electrons. The number of hydrogen-bond donors (Lipinski definition) is 0. The molecular formula is C13H24N2O. The van der Waals surface area contributed by atoms with Gasteiger partial charge in [0, 0.05) is 13.1 Å². The van der Waals surface area contributed by atoms with Crippen LogP contribution in [0.15, 0.2) is 0 Å². The van der Waals surface area contributed by atoms with E-state index in [0.29, 0.717) is 12.5 Å². The van der Waals surface area contributed by atoms with Crippen LogP contribution >= 0.6 is 0 Å². The van der Waals surface area contributed by atoms with Gasteiger partial charge >= 0.3 is 0 Å². The van der Waals surface area contributed by atoms with Crippen LogP contribution < -0.4 is 0 Å². The maximum Gasteiger partial charge on any atom is 0.236 e. The fourth-order valence-corrected chi connectivity index (χ4v) is 2.73. The highest BCUT2D eigenvalue weighted by atomic mass is 16.2. The molecular weight excluding hydrogens is 200 g/mol. The molecule has 16 heavy (non-hydrogen) atoms. The Morgan fingerprint density at radius 2 is 1.25 bits per heavy atom. The lowest BCUT2D eigenvalue weighted by Crippen LogP contribution is -2.42. The van der Waals surface area contributed by atoms with Gasteiger partial charge in [0.15, 0.2) is 0 Å². The van der Waals surface area contributed by atoms with Gasteiger partial charge in [0.2, 0.25) is 5.91 Å². The van der Waals surface area contributed by atoms with Crippen LogP contribution in [0.5, 0.6) is 0 Å². The zero-order valence-electron chi connectivity index (χ0n) is 10.3. The molecule has 0 aromatic carbocycles. The van der Waals surface area contributed by atoms with Gasteiger partial charge in [-0.2, -0.15) is 0 Å². The molecule has 2 heterocycles. The van der Waals surface area contributed by atoms with E-state index in [1.54, 1.807) is 0 Å². The summed E-state index contributed by atoms with van der Waals surface area (Å²) in [4.78, 5) is 16.5. The maximum absolute atomic E-state index is 12.1. The number of amides is 1. The van der Waals surface area contributed by atoms with Gasteiger partial charge in [-0.05, 0) is 38.8 Å². The number of hydrogen-bond acceptors (Lipinski definition) is 2. The number of likely N-dealkylation sites (tertiary alicyclic amines) is 2. The number of carbonyl (C=O) groups excluding carboxylic acids is 1. The summed E-state index contributed by atoms with van der Waals surface area (Å²) in [6.07, 6.45) is 8.88. The Morgan fingerprint density at radius 1 is 0.750 bits per heavy atom. The molecule has 3 heteroatoms. The Balaban J connectivity index is 1.76. The molecule has 1 amide bonds. The Kier molecular flexibility index (Phi) is 4.64. The lowest BCUT2D eigenvalue weighted by Gasteiger charge is -2.29. The first-order valence-corrected chi connectivity index (χ1v) is 6.86. The average Bonchev–Trinajstić information content (AvgIpc) is 2.59. The van der Waals surface area contributed by atoms with Gasteiger partial charge in [0.05, 0.1) is 6.54 Å². The van der Waals surface area contributed by atoms with Gasteiger partial charge in [-0.25, -0.2) is 0 Å². The van der Waals surface area contributed by atoms with Crippen LogP contribution in [0.4, 0.5) is 0 Å². The molecule has 0 spiro atoms. The monoisotopic (exact) mass is 224 g/mol. The molecule has 3 nitrogen and oxygen atoms in total. The summed E-state index contributed by atoms with van der Waals surface area (Å²) in [5.41, 5.74) is 0. The van der Waals surface area contributed by atoms with Gasteiger partial charge < -0.3 is 4.90 Å². The smallest absolute Gasteiger partial charge is 0.236 e. The summed E-state index contributed by atoms with van der Waals surface area (Å²) in [7, 11) is 0. The Hall–Kier alpha value is -0.570. The van der Waals surface area contributed by atoms with Crippen molar-refractivity contribution < 1.29 is 4.79 Å². The van der Waals surface area contributed by atoms with Crippen LogP contribution in [-0.2, 0) is 4.79 Å². The molecule has 2 rings (SSSR count). The highest BCUT2D eigenvalue weighted by Crippen LogP contribution is 2.12. The second kappa shape index (κ2) is 6.24. The molecule has 2 fully saturated rings. The van der Waals surface area contributed by atoms with Crippen molar-refractivity contribution in [3.63, 3.8) is 0 Å². The Labute approximate surface area is 98.8 Å². The van der Waals surface area contributed by atoms with E-state index in [4.69, 9.17) is 0 Å². The molecule has 2 saturated heterocycles.